The summed E-state index contributed by atoms with van der Waals surface area (Å²) >= 11 is 0. The fourth-order valence-corrected chi connectivity index (χ4v) is 2.22. The second-order valence-corrected chi connectivity index (χ2v) is 5.49. The first-order valence-corrected chi connectivity index (χ1v) is 7.81. The topological polar surface area (TPSA) is 99.9 Å². The van der Waals surface area contributed by atoms with Gasteiger partial charge in [-0.25, -0.2) is 4.79 Å². The molecule has 3 N–H and O–H groups in total. The summed E-state index contributed by atoms with van der Waals surface area (Å²) in [5, 5.41) is 2.49. The first kappa shape index (κ1) is 20.9. The number of hydrogen-bond acceptors (Lipinski definition) is 6. The number of nitrogens with one attached hydrogen (secondary N) is 1. The zero-order chi connectivity index (χ0) is 20.9. The second-order valence-electron chi connectivity index (χ2n) is 5.49. The van der Waals surface area contributed by atoms with Crippen molar-refractivity contribution in [3.63, 3.8) is 0 Å². The highest BCUT2D eigenvalue weighted by Crippen LogP contribution is 2.31. The van der Waals surface area contributed by atoms with Gasteiger partial charge in [-0.3, -0.25) is 4.79 Å². The molecule has 0 heterocycles. The summed E-state index contributed by atoms with van der Waals surface area (Å²) in [6.45, 7) is -0.672. The molecule has 0 aromatic heterocycles. The van der Waals surface area contributed by atoms with E-state index in [1.54, 1.807) is 12.1 Å². The van der Waals surface area contributed by atoms with Crippen molar-refractivity contribution in [1.82, 2.24) is 0 Å². The number of esters is 1. The number of nitrogens with two attached hydrogens (primary N) is 1. The molecule has 0 radical (unpaired) electrons. The van der Waals surface area contributed by atoms with E-state index in [0.29, 0.717) is 29.3 Å². The van der Waals surface area contributed by atoms with E-state index in [-0.39, 0.29) is 5.56 Å². The molecule has 0 aliphatic heterocycles. The maximum absolute atomic E-state index is 12.6. The van der Waals surface area contributed by atoms with Crippen LogP contribution in [0.3, 0.4) is 0 Å². The minimum Gasteiger partial charge on any atom is -0.497 e. The fraction of sp³-hybridized carbons (Fsp3) is 0.222. The summed E-state index contributed by atoms with van der Waals surface area (Å²) in [6, 6.07) is 6.89. The first-order valence-electron chi connectivity index (χ1n) is 7.81. The molecule has 150 valence electrons. The number of carbonyl (C=O) groups is 2. The molecular weight excluding hydrogens is 381 g/mol. The van der Waals surface area contributed by atoms with Crippen molar-refractivity contribution >= 4 is 23.3 Å². The Labute approximate surface area is 158 Å². The second kappa shape index (κ2) is 8.51. The molecule has 1 amide bonds. The third-order valence-electron chi connectivity index (χ3n) is 3.62. The lowest BCUT2D eigenvalue weighted by atomic mass is 10.1. The van der Waals surface area contributed by atoms with E-state index < -0.39 is 35.9 Å². The highest BCUT2D eigenvalue weighted by Gasteiger charge is 2.31. The van der Waals surface area contributed by atoms with Gasteiger partial charge in [-0.2, -0.15) is 13.2 Å². The Morgan fingerprint density at radius 2 is 1.79 bits per heavy atom. The number of ether oxygens (including phenoxy) is 3. The molecule has 0 aliphatic carbocycles. The molecule has 0 spiro atoms. The van der Waals surface area contributed by atoms with Gasteiger partial charge in [0.25, 0.3) is 5.91 Å². The molecule has 0 bridgehead atoms. The van der Waals surface area contributed by atoms with Crippen LogP contribution in [-0.4, -0.2) is 32.7 Å². The van der Waals surface area contributed by atoms with Gasteiger partial charge < -0.3 is 25.3 Å². The molecule has 28 heavy (non-hydrogen) atoms. The normalized spacial score (nSPS) is 10.9. The van der Waals surface area contributed by atoms with Crippen LogP contribution >= 0.6 is 0 Å². The molecule has 0 saturated carbocycles. The molecule has 2 aromatic carbocycles. The lowest BCUT2D eigenvalue weighted by molar-refractivity contribution is -0.137. The molecule has 10 heteroatoms. The average Bonchev–Trinajstić information content (AvgIpc) is 2.65. The molecule has 0 fully saturated rings. The Bertz CT molecular complexity index is 884. The number of alkyl halides is 3. The fourth-order valence-electron chi connectivity index (χ4n) is 2.22. The molecule has 2 rings (SSSR count). The largest absolute Gasteiger partial charge is 0.497 e. The Kier molecular flexibility index (Phi) is 6.34. The summed E-state index contributed by atoms with van der Waals surface area (Å²) in [7, 11) is 2.87. The maximum Gasteiger partial charge on any atom is 0.416 e. The van der Waals surface area contributed by atoms with E-state index in [9.17, 15) is 22.8 Å². The van der Waals surface area contributed by atoms with Gasteiger partial charge >= 0.3 is 12.1 Å². The Balaban J connectivity index is 2.00. The van der Waals surface area contributed by atoms with Crippen LogP contribution in [0.1, 0.15) is 15.9 Å². The zero-order valence-electron chi connectivity index (χ0n) is 14.9. The summed E-state index contributed by atoms with van der Waals surface area (Å²) < 4.78 is 52.9. The molecule has 0 saturated heterocycles. The molecule has 0 unspecified atom stereocenters. The number of anilines is 2. The molecule has 0 atom stereocenters. The summed E-state index contributed by atoms with van der Waals surface area (Å²) in [4.78, 5) is 24.0. The van der Waals surface area contributed by atoms with Crippen LogP contribution < -0.4 is 20.5 Å². The van der Waals surface area contributed by atoms with Gasteiger partial charge in [0, 0.05) is 11.8 Å². The Hall–Kier alpha value is -3.43. The summed E-state index contributed by atoms with van der Waals surface area (Å²) in [6.07, 6.45) is -4.59. The minimum atomic E-state index is -4.59. The van der Waals surface area contributed by atoms with Crippen LogP contribution in [0, 0.1) is 0 Å². The van der Waals surface area contributed by atoms with Crippen LogP contribution in [0.25, 0.3) is 0 Å². The van der Waals surface area contributed by atoms with Crippen molar-refractivity contribution in [2.75, 3.05) is 31.9 Å². The van der Waals surface area contributed by atoms with E-state index in [0.717, 1.165) is 6.07 Å². The molecular formula is C18H17F3N2O5. The SMILES string of the molecule is COc1ccc(NC(=O)COC(=O)c2ccc(C(F)(F)F)cc2N)c(OC)c1. The van der Waals surface area contributed by atoms with Crippen LogP contribution in [0.2, 0.25) is 0 Å². The number of nitrogen functional groups attached to an aromatic ring is 1. The summed E-state index contributed by atoms with van der Waals surface area (Å²) in [5.74, 6) is -0.865. The number of amides is 1. The van der Waals surface area contributed by atoms with Crippen molar-refractivity contribution < 1.29 is 37.0 Å². The molecule has 0 aliphatic rings. The smallest absolute Gasteiger partial charge is 0.416 e. The average molecular weight is 398 g/mol. The third kappa shape index (κ3) is 5.06. The molecule has 7 nitrogen and oxygen atoms in total. The van der Waals surface area contributed by atoms with Gasteiger partial charge in [0.05, 0.1) is 31.0 Å². The van der Waals surface area contributed by atoms with Gasteiger partial charge in [0.15, 0.2) is 6.61 Å². The first-order chi connectivity index (χ1) is 13.2. The van der Waals surface area contributed by atoms with Crippen LogP contribution in [0.15, 0.2) is 36.4 Å². The predicted molar refractivity (Wildman–Crippen MR) is 94.3 cm³/mol. The van der Waals surface area contributed by atoms with E-state index in [4.69, 9.17) is 19.9 Å². The Morgan fingerprint density at radius 3 is 2.36 bits per heavy atom. The van der Waals surface area contributed by atoms with Crippen LogP contribution in [-0.2, 0) is 15.7 Å². The number of carbonyl (C=O) groups excluding carboxylic acids is 2. The lowest BCUT2D eigenvalue weighted by Crippen LogP contribution is -2.21. The minimum absolute atomic E-state index is 0.275. The van der Waals surface area contributed by atoms with Crippen molar-refractivity contribution in [1.29, 1.82) is 0 Å². The van der Waals surface area contributed by atoms with Gasteiger partial charge in [-0.15, -0.1) is 0 Å². The number of methoxy groups -OCH3 is 2. The van der Waals surface area contributed by atoms with Crippen molar-refractivity contribution in [2.45, 2.75) is 6.18 Å². The van der Waals surface area contributed by atoms with E-state index >= 15 is 0 Å². The van der Waals surface area contributed by atoms with Crippen molar-refractivity contribution in [3.8, 4) is 11.5 Å². The van der Waals surface area contributed by atoms with Gasteiger partial charge in [-0.05, 0) is 30.3 Å². The van der Waals surface area contributed by atoms with Crippen molar-refractivity contribution in [2.24, 2.45) is 0 Å². The number of halogens is 3. The highest BCUT2D eigenvalue weighted by molar-refractivity contribution is 5.98. The number of benzene rings is 2. The van der Waals surface area contributed by atoms with E-state index in [1.165, 1.54) is 20.3 Å². The summed E-state index contributed by atoms with van der Waals surface area (Å²) in [5.41, 5.74) is 4.13. The maximum atomic E-state index is 12.6. The van der Waals surface area contributed by atoms with Crippen molar-refractivity contribution in [3.05, 3.63) is 47.5 Å². The van der Waals surface area contributed by atoms with Crippen LogP contribution in [0.5, 0.6) is 11.5 Å². The van der Waals surface area contributed by atoms with Gasteiger partial charge in [-0.1, -0.05) is 0 Å². The zero-order valence-corrected chi connectivity index (χ0v) is 14.9. The monoisotopic (exact) mass is 398 g/mol. The van der Waals surface area contributed by atoms with Crippen LogP contribution in [0.4, 0.5) is 24.5 Å². The highest BCUT2D eigenvalue weighted by atomic mass is 19.4. The number of hydrogen-bond donors (Lipinski definition) is 2. The Morgan fingerprint density at radius 1 is 1.07 bits per heavy atom. The van der Waals surface area contributed by atoms with Gasteiger partial charge in [0.1, 0.15) is 11.5 Å². The van der Waals surface area contributed by atoms with Gasteiger partial charge in [0.2, 0.25) is 0 Å². The molecule has 2 aromatic rings. The predicted octanol–water partition coefficient (Wildman–Crippen LogP) is 3.10. The quantitative estimate of drug-likeness (QED) is 0.573. The standard InChI is InChI=1S/C18H17F3N2O5/c1-26-11-4-6-14(15(8-11)27-2)23-16(24)9-28-17(25)12-5-3-10(7-13(12)22)18(19,20)21/h3-8H,9,22H2,1-2H3,(H,23,24). The lowest BCUT2D eigenvalue weighted by Gasteiger charge is -2.12. The van der Waals surface area contributed by atoms with E-state index in [2.05, 4.69) is 5.32 Å². The third-order valence-corrected chi connectivity index (χ3v) is 3.62. The number of rotatable bonds is 6. The van der Waals surface area contributed by atoms with E-state index in [1.807, 2.05) is 0 Å².